The molecule has 0 bridgehead atoms. The second-order valence-electron chi connectivity index (χ2n) is 15.5. The van der Waals surface area contributed by atoms with E-state index < -0.39 is 49.5 Å². The van der Waals surface area contributed by atoms with Gasteiger partial charge in [-0.25, -0.2) is 0 Å². The number of ether oxygens (including phenoxy) is 2. The number of hydrogen-bond donors (Lipinski definition) is 6. The molecule has 316 valence electrons. The molecule has 0 spiro atoms. The summed E-state index contributed by atoms with van der Waals surface area (Å²) in [5.41, 5.74) is 0. The van der Waals surface area contributed by atoms with Crippen molar-refractivity contribution in [3.63, 3.8) is 0 Å². The highest BCUT2D eigenvalue weighted by molar-refractivity contribution is 5.76. The molecule has 0 aromatic heterocycles. The van der Waals surface area contributed by atoms with Crippen LogP contribution in [0, 0.1) is 0 Å². The lowest BCUT2D eigenvalue weighted by molar-refractivity contribution is -0.302. The summed E-state index contributed by atoms with van der Waals surface area (Å²) in [6.07, 6.45) is 36.2. The number of rotatable bonds is 36. The number of aliphatic hydroxyl groups excluding tert-OH is 5. The standard InChI is InChI=1S/C45H83NO8/c1-3-5-7-9-11-13-15-17-18-19-20-21-22-23-24-26-28-30-32-34-39(48)38(37-53-45-44(52)43(51)42(50)40(36-47)54-45)46-41(49)35-33-31-29-27-25-16-14-12-10-8-6-4-2/h12,14,24,26,32,34,38-40,42-45,47-48,50-52H,3-11,13,15-23,25,27-31,33,35-37H2,1-2H3,(H,46,49)/b14-12-,26-24+,34-32+. The molecule has 7 unspecified atom stereocenters. The second-order valence-corrected chi connectivity index (χ2v) is 15.5. The van der Waals surface area contributed by atoms with E-state index in [4.69, 9.17) is 9.47 Å². The molecule has 1 rings (SSSR count). The first-order valence-electron chi connectivity index (χ1n) is 22.2. The van der Waals surface area contributed by atoms with Crippen molar-refractivity contribution in [2.75, 3.05) is 13.2 Å². The van der Waals surface area contributed by atoms with E-state index >= 15 is 0 Å². The maximum Gasteiger partial charge on any atom is 0.220 e. The van der Waals surface area contributed by atoms with Crippen LogP contribution in [-0.4, -0.2) is 87.5 Å². The predicted octanol–water partition coefficient (Wildman–Crippen LogP) is 8.89. The van der Waals surface area contributed by atoms with Gasteiger partial charge in [0, 0.05) is 6.42 Å². The highest BCUT2D eigenvalue weighted by atomic mass is 16.7. The van der Waals surface area contributed by atoms with E-state index in [1.807, 2.05) is 6.08 Å². The molecule has 0 aromatic rings. The summed E-state index contributed by atoms with van der Waals surface area (Å²) >= 11 is 0. The lowest BCUT2D eigenvalue weighted by Gasteiger charge is -2.40. The van der Waals surface area contributed by atoms with Gasteiger partial charge in [0.15, 0.2) is 6.29 Å². The fourth-order valence-corrected chi connectivity index (χ4v) is 6.81. The Morgan fingerprint density at radius 1 is 0.611 bits per heavy atom. The Morgan fingerprint density at radius 3 is 1.59 bits per heavy atom. The number of unbranched alkanes of at least 4 members (excludes halogenated alkanes) is 22. The number of hydrogen-bond acceptors (Lipinski definition) is 8. The Kier molecular flexibility index (Phi) is 33.4. The Balaban J connectivity index is 2.40. The number of allylic oxidation sites excluding steroid dienone is 5. The van der Waals surface area contributed by atoms with Crippen LogP contribution in [-0.2, 0) is 14.3 Å². The third-order valence-electron chi connectivity index (χ3n) is 10.4. The van der Waals surface area contributed by atoms with E-state index in [0.717, 1.165) is 57.8 Å². The molecule has 1 fully saturated rings. The fraction of sp³-hybridized carbons (Fsp3) is 0.844. The minimum absolute atomic E-state index is 0.198. The van der Waals surface area contributed by atoms with Gasteiger partial charge in [0.05, 0.1) is 25.4 Å². The number of carbonyl (C=O) groups excluding carboxylic acids is 1. The van der Waals surface area contributed by atoms with Gasteiger partial charge in [0.2, 0.25) is 5.91 Å². The molecule has 9 heteroatoms. The quantitative estimate of drug-likeness (QED) is 0.0274. The van der Waals surface area contributed by atoms with Crippen LogP contribution in [0.1, 0.15) is 187 Å². The summed E-state index contributed by atoms with van der Waals surface area (Å²) in [6, 6.07) is -0.823. The maximum atomic E-state index is 12.9. The van der Waals surface area contributed by atoms with Gasteiger partial charge in [0.25, 0.3) is 0 Å². The summed E-state index contributed by atoms with van der Waals surface area (Å²) in [4.78, 5) is 12.9. The van der Waals surface area contributed by atoms with Gasteiger partial charge in [-0.2, -0.15) is 0 Å². The summed E-state index contributed by atoms with van der Waals surface area (Å²) < 4.78 is 11.2. The molecule has 0 radical (unpaired) electrons. The summed E-state index contributed by atoms with van der Waals surface area (Å²) in [5, 5.41) is 54.1. The maximum absolute atomic E-state index is 12.9. The van der Waals surface area contributed by atoms with Gasteiger partial charge in [-0.15, -0.1) is 0 Å². The van der Waals surface area contributed by atoms with Crippen molar-refractivity contribution in [3.05, 3.63) is 36.5 Å². The first kappa shape index (κ1) is 50.4. The van der Waals surface area contributed by atoms with E-state index in [2.05, 4.69) is 43.5 Å². The van der Waals surface area contributed by atoms with Gasteiger partial charge in [0.1, 0.15) is 24.4 Å². The molecule has 1 amide bonds. The van der Waals surface area contributed by atoms with Crippen molar-refractivity contribution in [3.8, 4) is 0 Å². The molecule has 1 aliphatic rings. The number of amides is 1. The minimum Gasteiger partial charge on any atom is -0.394 e. The zero-order valence-electron chi connectivity index (χ0n) is 34.5. The summed E-state index contributed by atoms with van der Waals surface area (Å²) in [6.45, 7) is 3.72. The van der Waals surface area contributed by atoms with E-state index in [9.17, 15) is 30.3 Å². The number of nitrogens with one attached hydrogen (secondary N) is 1. The highest BCUT2D eigenvalue weighted by Gasteiger charge is 2.44. The van der Waals surface area contributed by atoms with Crippen LogP contribution in [0.5, 0.6) is 0 Å². The topological polar surface area (TPSA) is 149 Å². The van der Waals surface area contributed by atoms with Crippen LogP contribution in [0.15, 0.2) is 36.5 Å². The Hall–Kier alpha value is -1.59. The molecule has 0 aromatic carbocycles. The molecule has 1 aliphatic heterocycles. The van der Waals surface area contributed by atoms with Crippen LogP contribution < -0.4 is 5.32 Å². The number of carbonyl (C=O) groups is 1. The lowest BCUT2D eigenvalue weighted by atomic mass is 9.99. The molecule has 9 nitrogen and oxygen atoms in total. The molecular weight excluding hydrogens is 682 g/mol. The van der Waals surface area contributed by atoms with Crippen molar-refractivity contribution < 1.29 is 39.8 Å². The van der Waals surface area contributed by atoms with Crippen LogP contribution >= 0.6 is 0 Å². The molecule has 0 aliphatic carbocycles. The largest absolute Gasteiger partial charge is 0.394 e. The van der Waals surface area contributed by atoms with Gasteiger partial charge in [-0.05, 0) is 57.8 Å². The summed E-state index contributed by atoms with van der Waals surface area (Å²) in [5.74, 6) is -0.198. The van der Waals surface area contributed by atoms with Crippen molar-refractivity contribution in [2.24, 2.45) is 0 Å². The normalized spacial score (nSPS) is 21.8. The summed E-state index contributed by atoms with van der Waals surface area (Å²) in [7, 11) is 0. The molecule has 7 atom stereocenters. The molecule has 6 N–H and O–H groups in total. The third-order valence-corrected chi connectivity index (χ3v) is 10.4. The van der Waals surface area contributed by atoms with Gasteiger partial charge < -0.3 is 40.3 Å². The monoisotopic (exact) mass is 766 g/mol. The SMILES string of the molecule is CCCCC/C=C\CCCCCCCC(=O)NC(COC1OC(CO)C(O)C(O)C1O)C(O)/C=C/CC/C=C/CCCCCCCCCCCCCCC. The molecule has 1 heterocycles. The van der Waals surface area contributed by atoms with E-state index in [1.54, 1.807) is 6.08 Å². The van der Waals surface area contributed by atoms with Gasteiger partial charge >= 0.3 is 0 Å². The third kappa shape index (κ3) is 26.3. The van der Waals surface area contributed by atoms with E-state index in [1.165, 1.54) is 109 Å². The van der Waals surface area contributed by atoms with Crippen LogP contribution in [0.2, 0.25) is 0 Å². The number of aliphatic hydroxyl groups is 5. The first-order chi connectivity index (χ1) is 26.3. The molecular formula is C45H83NO8. The zero-order chi connectivity index (χ0) is 39.5. The Morgan fingerprint density at radius 2 is 1.06 bits per heavy atom. The Bertz CT molecular complexity index is 941. The second kappa shape index (κ2) is 35.8. The van der Waals surface area contributed by atoms with E-state index in [-0.39, 0.29) is 12.5 Å². The van der Waals surface area contributed by atoms with Crippen LogP contribution in [0.25, 0.3) is 0 Å². The fourth-order valence-electron chi connectivity index (χ4n) is 6.81. The zero-order valence-corrected chi connectivity index (χ0v) is 34.5. The highest BCUT2D eigenvalue weighted by Crippen LogP contribution is 2.22. The van der Waals surface area contributed by atoms with Crippen LogP contribution in [0.4, 0.5) is 0 Å². The Labute approximate surface area is 330 Å². The van der Waals surface area contributed by atoms with Gasteiger partial charge in [-0.3, -0.25) is 4.79 Å². The van der Waals surface area contributed by atoms with Crippen molar-refractivity contribution in [1.29, 1.82) is 0 Å². The average molecular weight is 766 g/mol. The average Bonchev–Trinajstić information content (AvgIpc) is 3.17. The first-order valence-corrected chi connectivity index (χ1v) is 22.2. The molecule has 0 saturated carbocycles. The lowest BCUT2D eigenvalue weighted by Crippen LogP contribution is -2.60. The van der Waals surface area contributed by atoms with Crippen molar-refractivity contribution >= 4 is 5.91 Å². The minimum atomic E-state index is -1.57. The van der Waals surface area contributed by atoms with Crippen LogP contribution in [0.3, 0.4) is 0 Å². The van der Waals surface area contributed by atoms with E-state index in [0.29, 0.717) is 6.42 Å². The van der Waals surface area contributed by atoms with Crippen molar-refractivity contribution in [1.82, 2.24) is 5.32 Å². The van der Waals surface area contributed by atoms with Crippen molar-refractivity contribution in [2.45, 2.75) is 230 Å². The smallest absolute Gasteiger partial charge is 0.220 e. The molecule has 1 saturated heterocycles. The van der Waals surface area contributed by atoms with Gasteiger partial charge in [-0.1, -0.05) is 159 Å². The molecule has 54 heavy (non-hydrogen) atoms. The predicted molar refractivity (Wildman–Crippen MR) is 221 cm³/mol.